The average molecular weight is 344 g/mol. The van der Waals surface area contributed by atoms with Crippen LogP contribution in [0.25, 0.3) is 0 Å². The highest BCUT2D eigenvalue weighted by Gasteiger charge is 2.12. The molecule has 0 atom stereocenters. The molecule has 0 spiro atoms. The highest BCUT2D eigenvalue weighted by molar-refractivity contribution is 5.67. The molecular weight excluding hydrogens is 320 g/mol. The van der Waals surface area contributed by atoms with Crippen molar-refractivity contribution in [1.29, 1.82) is 0 Å². The van der Waals surface area contributed by atoms with E-state index in [2.05, 4.69) is 0 Å². The van der Waals surface area contributed by atoms with E-state index in [4.69, 9.17) is 19.3 Å². The lowest BCUT2D eigenvalue weighted by atomic mass is 10.1. The Balaban J connectivity index is 2.00. The van der Waals surface area contributed by atoms with Crippen LogP contribution in [-0.2, 0) is 11.2 Å². The first-order valence-corrected chi connectivity index (χ1v) is 8.22. The number of aryl methyl sites for hydroxylation is 3. The number of aliphatic carboxylic acids is 1. The minimum absolute atomic E-state index is 0.0441. The molecule has 0 heterocycles. The molecule has 5 heteroatoms. The largest absolute Gasteiger partial charge is 0.493 e. The third-order valence-electron chi connectivity index (χ3n) is 3.87. The molecule has 0 aromatic heterocycles. The van der Waals surface area contributed by atoms with Crippen LogP contribution in [0.2, 0.25) is 0 Å². The van der Waals surface area contributed by atoms with Gasteiger partial charge in [-0.15, -0.1) is 0 Å². The highest BCUT2D eigenvalue weighted by atomic mass is 16.5. The van der Waals surface area contributed by atoms with E-state index in [1.807, 2.05) is 44.2 Å². The molecule has 25 heavy (non-hydrogen) atoms. The van der Waals surface area contributed by atoms with Crippen molar-refractivity contribution < 1.29 is 24.1 Å². The Hall–Kier alpha value is -2.69. The lowest BCUT2D eigenvalue weighted by molar-refractivity contribution is -0.136. The molecule has 0 unspecified atom stereocenters. The highest BCUT2D eigenvalue weighted by Crippen LogP contribution is 2.32. The van der Waals surface area contributed by atoms with Crippen LogP contribution in [0.3, 0.4) is 0 Å². The first-order chi connectivity index (χ1) is 12.0. The summed E-state index contributed by atoms with van der Waals surface area (Å²) >= 11 is 0. The maximum absolute atomic E-state index is 10.8. The van der Waals surface area contributed by atoms with Crippen LogP contribution in [0.15, 0.2) is 36.4 Å². The first-order valence-electron chi connectivity index (χ1n) is 8.22. The number of hydrogen-bond donors (Lipinski definition) is 1. The molecule has 2 aromatic carbocycles. The topological polar surface area (TPSA) is 65.0 Å². The van der Waals surface area contributed by atoms with E-state index >= 15 is 0 Å². The Morgan fingerprint density at radius 1 is 0.960 bits per heavy atom. The Morgan fingerprint density at radius 3 is 2.16 bits per heavy atom. The SMILES string of the molecule is COc1cccc(CCC(=O)O)c1OCCOc1c(C)cccc1C. The van der Waals surface area contributed by atoms with Crippen molar-refractivity contribution in [3.63, 3.8) is 0 Å². The molecule has 0 saturated carbocycles. The summed E-state index contributed by atoms with van der Waals surface area (Å²) in [6, 6.07) is 11.5. The number of para-hydroxylation sites is 2. The van der Waals surface area contributed by atoms with Crippen molar-refractivity contribution in [2.45, 2.75) is 26.7 Å². The van der Waals surface area contributed by atoms with Gasteiger partial charge in [-0.05, 0) is 43.0 Å². The Morgan fingerprint density at radius 2 is 1.56 bits per heavy atom. The fraction of sp³-hybridized carbons (Fsp3) is 0.350. The first kappa shape index (κ1) is 18.6. The molecule has 0 amide bonds. The predicted molar refractivity (Wildman–Crippen MR) is 95.9 cm³/mol. The van der Waals surface area contributed by atoms with Gasteiger partial charge < -0.3 is 19.3 Å². The smallest absolute Gasteiger partial charge is 0.303 e. The number of carbonyl (C=O) groups is 1. The van der Waals surface area contributed by atoms with E-state index in [1.54, 1.807) is 13.2 Å². The number of hydrogen-bond acceptors (Lipinski definition) is 4. The summed E-state index contributed by atoms with van der Waals surface area (Å²) < 4.78 is 17.0. The zero-order chi connectivity index (χ0) is 18.2. The zero-order valence-electron chi connectivity index (χ0n) is 14.9. The van der Waals surface area contributed by atoms with E-state index in [0.29, 0.717) is 31.1 Å². The molecule has 0 aliphatic carbocycles. The Bertz CT molecular complexity index is 704. The molecule has 134 valence electrons. The average Bonchev–Trinajstić information content (AvgIpc) is 2.59. The Kier molecular flexibility index (Phi) is 6.69. The quantitative estimate of drug-likeness (QED) is 0.701. The second-order valence-electron chi connectivity index (χ2n) is 5.76. The molecule has 0 bridgehead atoms. The van der Waals surface area contributed by atoms with Gasteiger partial charge in [0.2, 0.25) is 0 Å². The zero-order valence-corrected chi connectivity index (χ0v) is 14.9. The molecule has 0 radical (unpaired) electrons. The van der Waals surface area contributed by atoms with Crippen molar-refractivity contribution in [3.8, 4) is 17.2 Å². The van der Waals surface area contributed by atoms with Gasteiger partial charge in [0.1, 0.15) is 19.0 Å². The monoisotopic (exact) mass is 344 g/mol. The molecule has 5 nitrogen and oxygen atoms in total. The molecule has 0 fully saturated rings. The number of carboxylic acid groups (broad SMARTS) is 1. The van der Waals surface area contributed by atoms with Crippen molar-refractivity contribution in [2.75, 3.05) is 20.3 Å². The van der Waals surface area contributed by atoms with Gasteiger partial charge in [-0.3, -0.25) is 4.79 Å². The van der Waals surface area contributed by atoms with Crippen molar-refractivity contribution in [2.24, 2.45) is 0 Å². The fourth-order valence-corrected chi connectivity index (χ4v) is 2.64. The summed E-state index contributed by atoms with van der Waals surface area (Å²) in [5.41, 5.74) is 2.98. The van der Waals surface area contributed by atoms with E-state index in [0.717, 1.165) is 22.4 Å². The third kappa shape index (κ3) is 5.14. The second-order valence-corrected chi connectivity index (χ2v) is 5.76. The van der Waals surface area contributed by atoms with Gasteiger partial charge in [0.15, 0.2) is 11.5 Å². The molecule has 2 rings (SSSR count). The van der Waals surface area contributed by atoms with Gasteiger partial charge in [0.05, 0.1) is 7.11 Å². The summed E-state index contributed by atoms with van der Waals surface area (Å²) in [7, 11) is 1.57. The molecule has 0 aliphatic heterocycles. The van der Waals surface area contributed by atoms with Crippen LogP contribution in [0.5, 0.6) is 17.2 Å². The van der Waals surface area contributed by atoms with Crippen molar-refractivity contribution in [3.05, 3.63) is 53.1 Å². The predicted octanol–water partition coefficient (Wildman–Crippen LogP) is 3.79. The number of rotatable bonds is 9. The molecule has 1 N–H and O–H groups in total. The fourth-order valence-electron chi connectivity index (χ4n) is 2.64. The van der Waals surface area contributed by atoms with E-state index in [9.17, 15) is 4.79 Å². The molecule has 2 aromatic rings. The van der Waals surface area contributed by atoms with Crippen molar-refractivity contribution in [1.82, 2.24) is 0 Å². The molecule has 0 saturated heterocycles. The van der Waals surface area contributed by atoms with Gasteiger partial charge in [0, 0.05) is 6.42 Å². The lowest BCUT2D eigenvalue weighted by Gasteiger charge is -2.16. The van der Waals surface area contributed by atoms with Crippen LogP contribution < -0.4 is 14.2 Å². The third-order valence-corrected chi connectivity index (χ3v) is 3.87. The van der Waals surface area contributed by atoms with Gasteiger partial charge in [-0.25, -0.2) is 0 Å². The second kappa shape index (κ2) is 8.97. The summed E-state index contributed by atoms with van der Waals surface area (Å²) in [5.74, 6) is 1.20. The maximum Gasteiger partial charge on any atom is 0.303 e. The number of benzene rings is 2. The van der Waals surface area contributed by atoms with Gasteiger partial charge in [-0.1, -0.05) is 30.3 Å². The minimum atomic E-state index is -0.841. The number of carboxylic acids is 1. The van der Waals surface area contributed by atoms with E-state index in [1.165, 1.54) is 0 Å². The summed E-state index contributed by atoms with van der Waals surface area (Å²) in [5, 5.41) is 8.89. The van der Waals surface area contributed by atoms with E-state index < -0.39 is 5.97 Å². The van der Waals surface area contributed by atoms with Crippen LogP contribution in [-0.4, -0.2) is 31.4 Å². The Labute approximate surface area is 148 Å². The number of ether oxygens (including phenoxy) is 3. The lowest BCUT2D eigenvalue weighted by Crippen LogP contribution is -2.12. The van der Waals surface area contributed by atoms with E-state index in [-0.39, 0.29) is 6.42 Å². The summed E-state index contributed by atoms with van der Waals surface area (Å²) in [6.45, 7) is 4.75. The molecular formula is C20H24O5. The van der Waals surface area contributed by atoms with Crippen LogP contribution in [0, 0.1) is 13.8 Å². The van der Waals surface area contributed by atoms with Gasteiger partial charge in [0.25, 0.3) is 0 Å². The normalized spacial score (nSPS) is 10.4. The van der Waals surface area contributed by atoms with Crippen molar-refractivity contribution >= 4 is 5.97 Å². The van der Waals surface area contributed by atoms with Crippen LogP contribution in [0.1, 0.15) is 23.1 Å². The standard InChI is InChI=1S/C20H24O5/c1-14-6-4-7-15(2)19(14)24-12-13-25-20-16(10-11-18(21)22)8-5-9-17(20)23-3/h4-9H,10-13H2,1-3H3,(H,21,22). The van der Waals surface area contributed by atoms with Gasteiger partial charge in [-0.2, -0.15) is 0 Å². The summed E-state index contributed by atoms with van der Waals surface area (Å²) in [6.07, 6.45) is 0.433. The maximum atomic E-state index is 10.8. The van der Waals surface area contributed by atoms with Gasteiger partial charge >= 0.3 is 5.97 Å². The molecule has 0 aliphatic rings. The van der Waals surface area contributed by atoms with Crippen LogP contribution >= 0.6 is 0 Å². The van der Waals surface area contributed by atoms with Crippen LogP contribution in [0.4, 0.5) is 0 Å². The minimum Gasteiger partial charge on any atom is -0.493 e. The number of methoxy groups -OCH3 is 1. The summed E-state index contributed by atoms with van der Waals surface area (Å²) in [4.78, 5) is 10.8.